The van der Waals surface area contributed by atoms with E-state index in [9.17, 15) is 0 Å². The van der Waals surface area contributed by atoms with Gasteiger partial charge in [0, 0.05) is 13.1 Å². The molecule has 1 nitrogen and oxygen atoms in total. The van der Waals surface area contributed by atoms with Gasteiger partial charge in [0.1, 0.15) is 0 Å². The average molecular weight is 243 g/mol. The first-order chi connectivity index (χ1) is 8.47. The fourth-order valence-electron chi connectivity index (χ4n) is 4.31. The lowest BCUT2D eigenvalue weighted by atomic mass is 9.67. The molecule has 0 saturated carbocycles. The molecule has 0 saturated heterocycles. The van der Waals surface area contributed by atoms with Crippen LogP contribution in [0.25, 0.3) is 0 Å². The molecule has 1 aliphatic heterocycles. The van der Waals surface area contributed by atoms with Gasteiger partial charge in [0.15, 0.2) is 0 Å². The Morgan fingerprint density at radius 3 is 2.72 bits per heavy atom. The van der Waals surface area contributed by atoms with Gasteiger partial charge in [-0.3, -0.25) is 0 Å². The Morgan fingerprint density at radius 2 is 1.94 bits per heavy atom. The van der Waals surface area contributed by atoms with Gasteiger partial charge in [-0.25, -0.2) is 0 Å². The van der Waals surface area contributed by atoms with Crippen molar-refractivity contribution < 1.29 is 0 Å². The first-order valence-corrected chi connectivity index (χ1v) is 7.28. The molecule has 2 aliphatic rings. The van der Waals surface area contributed by atoms with Crippen molar-refractivity contribution in [2.45, 2.75) is 52.5 Å². The number of benzene rings is 1. The number of rotatable bonds is 0. The lowest BCUT2D eigenvalue weighted by molar-refractivity contribution is 0.175. The van der Waals surface area contributed by atoms with E-state index >= 15 is 0 Å². The minimum Gasteiger partial charge on any atom is -0.302 e. The summed E-state index contributed by atoms with van der Waals surface area (Å²) in [4.78, 5) is 2.51. The van der Waals surface area contributed by atoms with Gasteiger partial charge in [-0.15, -0.1) is 0 Å². The second-order valence-electron chi connectivity index (χ2n) is 7.10. The van der Waals surface area contributed by atoms with E-state index in [1.807, 2.05) is 0 Å². The third-order valence-corrected chi connectivity index (χ3v) is 4.84. The number of hydrogen-bond acceptors (Lipinski definition) is 1. The molecule has 1 heteroatoms. The lowest BCUT2D eigenvalue weighted by Gasteiger charge is -2.38. The Bertz CT molecular complexity index is 473. The quantitative estimate of drug-likeness (QED) is 0.668. The number of nitrogens with zero attached hydrogens (tertiary/aromatic N) is 1. The van der Waals surface area contributed by atoms with Crippen LogP contribution in [0.4, 0.5) is 0 Å². The van der Waals surface area contributed by atoms with Crippen LogP contribution in [0.3, 0.4) is 0 Å². The van der Waals surface area contributed by atoms with Gasteiger partial charge in [0.05, 0.1) is 0 Å². The zero-order valence-corrected chi connectivity index (χ0v) is 12.2. The molecule has 0 radical (unpaired) electrons. The molecular formula is C17H25N. The molecule has 0 amide bonds. The summed E-state index contributed by atoms with van der Waals surface area (Å²) in [6.45, 7) is 9.50. The van der Waals surface area contributed by atoms with Crippen molar-refractivity contribution in [1.82, 2.24) is 4.90 Å². The summed E-state index contributed by atoms with van der Waals surface area (Å²) in [6.07, 6.45) is 4.04. The van der Waals surface area contributed by atoms with E-state index in [1.165, 1.54) is 31.4 Å². The minimum absolute atomic E-state index is 0.407. The Balaban J connectivity index is 2.20. The topological polar surface area (TPSA) is 3.24 Å². The van der Waals surface area contributed by atoms with Crippen LogP contribution < -0.4 is 0 Å². The summed E-state index contributed by atoms with van der Waals surface area (Å²) in [5, 5.41) is 0. The van der Waals surface area contributed by atoms with E-state index in [0.29, 0.717) is 5.41 Å². The van der Waals surface area contributed by atoms with Crippen LogP contribution in [0.5, 0.6) is 0 Å². The molecule has 0 fully saturated rings. The Hall–Kier alpha value is -0.820. The molecule has 98 valence electrons. The molecule has 3 rings (SSSR count). The molecule has 1 unspecified atom stereocenters. The van der Waals surface area contributed by atoms with Crippen molar-refractivity contribution >= 4 is 0 Å². The molecular weight excluding hydrogens is 218 g/mol. The third kappa shape index (κ3) is 1.89. The molecule has 1 heterocycles. The molecule has 1 aliphatic carbocycles. The molecule has 1 aromatic carbocycles. The van der Waals surface area contributed by atoms with Gasteiger partial charge in [-0.1, -0.05) is 31.5 Å². The maximum atomic E-state index is 2.51. The van der Waals surface area contributed by atoms with Crippen molar-refractivity contribution in [1.29, 1.82) is 0 Å². The second-order valence-corrected chi connectivity index (χ2v) is 7.10. The van der Waals surface area contributed by atoms with E-state index in [2.05, 4.69) is 44.9 Å². The first kappa shape index (κ1) is 12.2. The minimum atomic E-state index is 0.407. The number of hydrogen-bond donors (Lipinski definition) is 0. The van der Waals surface area contributed by atoms with Crippen molar-refractivity contribution in [2.24, 2.45) is 5.41 Å². The maximum absolute atomic E-state index is 2.51. The summed E-state index contributed by atoms with van der Waals surface area (Å²) >= 11 is 0. The first-order valence-electron chi connectivity index (χ1n) is 7.28. The molecule has 0 N–H and O–H groups in total. The summed E-state index contributed by atoms with van der Waals surface area (Å²) in [5.74, 6) is 0.766. The van der Waals surface area contributed by atoms with Gasteiger partial charge >= 0.3 is 0 Å². The Kier molecular flexibility index (Phi) is 2.78. The molecule has 0 spiro atoms. The van der Waals surface area contributed by atoms with Gasteiger partial charge in [-0.05, 0) is 61.3 Å². The van der Waals surface area contributed by atoms with Crippen LogP contribution in [0.15, 0.2) is 12.1 Å². The van der Waals surface area contributed by atoms with Crippen molar-refractivity contribution in [3.63, 3.8) is 0 Å². The lowest BCUT2D eigenvalue weighted by Crippen LogP contribution is -2.33. The predicted octanol–water partition coefficient (Wildman–Crippen LogP) is 3.89. The Labute approximate surface area is 111 Å². The van der Waals surface area contributed by atoms with Gasteiger partial charge in [0.25, 0.3) is 0 Å². The summed E-state index contributed by atoms with van der Waals surface area (Å²) in [7, 11) is 2.27. The highest BCUT2D eigenvalue weighted by Gasteiger charge is 2.38. The monoisotopic (exact) mass is 243 g/mol. The average Bonchev–Trinajstić information content (AvgIpc) is 2.34. The SMILES string of the molecule is Cc1cc2c3c(c1)CN(C)CC(C)(C)C3CCC2. The van der Waals surface area contributed by atoms with E-state index in [0.717, 1.165) is 12.5 Å². The fraction of sp³-hybridized carbons (Fsp3) is 0.647. The highest BCUT2D eigenvalue weighted by molar-refractivity contribution is 5.44. The smallest absolute Gasteiger partial charge is 0.0233 e. The normalized spacial score (nSPS) is 26.6. The van der Waals surface area contributed by atoms with Crippen molar-refractivity contribution in [2.75, 3.05) is 13.6 Å². The van der Waals surface area contributed by atoms with Gasteiger partial charge < -0.3 is 4.90 Å². The Morgan fingerprint density at radius 1 is 1.22 bits per heavy atom. The van der Waals surface area contributed by atoms with Crippen LogP contribution in [0.1, 0.15) is 54.9 Å². The molecule has 18 heavy (non-hydrogen) atoms. The standard InChI is InChI=1S/C17H25N/c1-12-8-13-6-5-7-15-16(13)14(9-12)10-18(4)11-17(15,2)3/h8-9,15H,5-7,10-11H2,1-4H3. The highest BCUT2D eigenvalue weighted by Crippen LogP contribution is 2.47. The largest absolute Gasteiger partial charge is 0.302 e. The molecule has 0 aromatic heterocycles. The van der Waals surface area contributed by atoms with Crippen LogP contribution in [-0.4, -0.2) is 18.5 Å². The zero-order chi connectivity index (χ0) is 12.9. The summed E-state index contributed by atoms with van der Waals surface area (Å²) in [6, 6.07) is 4.86. The van der Waals surface area contributed by atoms with E-state index in [4.69, 9.17) is 0 Å². The zero-order valence-electron chi connectivity index (χ0n) is 12.2. The summed E-state index contributed by atoms with van der Waals surface area (Å²) < 4.78 is 0. The van der Waals surface area contributed by atoms with Crippen molar-refractivity contribution in [3.8, 4) is 0 Å². The van der Waals surface area contributed by atoms with Gasteiger partial charge in [0.2, 0.25) is 0 Å². The third-order valence-electron chi connectivity index (χ3n) is 4.84. The van der Waals surface area contributed by atoms with Crippen molar-refractivity contribution in [3.05, 3.63) is 34.4 Å². The highest BCUT2D eigenvalue weighted by atomic mass is 15.1. The second kappa shape index (κ2) is 4.09. The molecule has 0 bridgehead atoms. The predicted molar refractivity (Wildman–Crippen MR) is 77.0 cm³/mol. The van der Waals surface area contributed by atoms with E-state index < -0.39 is 0 Å². The van der Waals surface area contributed by atoms with Crippen LogP contribution in [0.2, 0.25) is 0 Å². The van der Waals surface area contributed by atoms with Gasteiger partial charge in [-0.2, -0.15) is 0 Å². The van der Waals surface area contributed by atoms with E-state index in [-0.39, 0.29) is 0 Å². The summed E-state index contributed by atoms with van der Waals surface area (Å²) in [5.41, 5.74) is 6.80. The van der Waals surface area contributed by atoms with Crippen LogP contribution >= 0.6 is 0 Å². The molecule has 1 atom stereocenters. The molecule has 1 aromatic rings. The van der Waals surface area contributed by atoms with E-state index in [1.54, 1.807) is 16.7 Å². The maximum Gasteiger partial charge on any atom is 0.0233 e. The van der Waals surface area contributed by atoms with Crippen LogP contribution in [-0.2, 0) is 13.0 Å². The van der Waals surface area contributed by atoms with Crippen LogP contribution in [0, 0.1) is 12.3 Å². The fourth-order valence-corrected chi connectivity index (χ4v) is 4.31. The number of aryl methyl sites for hydroxylation is 2.